The Kier molecular flexibility index (Phi) is 5.40. The Morgan fingerprint density at radius 3 is 2.00 bits per heavy atom. The van der Waals surface area contributed by atoms with Crippen LogP contribution >= 0.6 is 0 Å². The Hall–Kier alpha value is -1.90. The van der Waals surface area contributed by atoms with E-state index in [4.69, 9.17) is 14.8 Å². The lowest BCUT2D eigenvalue weighted by atomic mass is 9.79. The summed E-state index contributed by atoms with van der Waals surface area (Å²) >= 11 is 0. The van der Waals surface area contributed by atoms with Crippen LogP contribution in [0, 0.1) is 5.82 Å². The summed E-state index contributed by atoms with van der Waals surface area (Å²) in [5, 5.41) is 17.8. The molecule has 0 fully saturated rings. The standard InChI is InChI=1S/C15H13BF4O3/c17-14-7-11(3-6-13(14)16(21)22)9-23-8-10-1-4-12(5-2-10)15(18,19)20/h1-7,21-22H,8-9H2. The van der Waals surface area contributed by atoms with E-state index in [2.05, 4.69) is 0 Å². The molecule has 0 amide bonds. The third-order valence-electron chi connectivity index (χ3n) is 3.16. The average Bonchev–Trinajstić information content (AvgIpc) is 2.46. The van der Waals surface area contributed by atoms with Gasteiger partial charge >= 0.3 is 13.3 Å². The molecular formula is C15H13BF4O3. The molecule has 0 unspecified atom stereocenters. The molecule has 8 heteroatoms. The van der Waals surface area contributed by atoms with Crippen molar-refractivity contribution in [3.63, 3.8) is 0 Å². The van der Waals surface area contributed by atoms with Gasteiger partial charge in [-0.05, 0) is 29.3 Å². The van der Waals surface area contributed by atoms with E-state index in [1.807, 2.05) is 0 Å². The highest BCUT2D eigenvalue weighted by atomic mass is 19.4. The Labute approximate surface area is 130 Å². The van der Waals surface area contributed by atoms with E-state index in [1.54, 1.807) is 0 Å². The quantitative estimate of drug-likeness (QED) is 0.654. The molecule has 0 saturated heterocycles. The summed E-state index contributed by atoms with van der Waals surface area (Å²) in [5.41, 5.74) is 0.0534. The Morgan fingerprint density at radius 1 is 0.913 bits per heavy atom. The zero-order valence-corrected chi connectivity index (χ0v) is 11.8. The van der Waals surface area contributed by atoms with Gasteiger partial charge < -0.3 is 14.8 Å². The molecule has 0 aliphatic heterocycles. The minimum Gasteiger partial charge on any atom is -0.423 e. The fourth-order valence-electron chi connectivity index (χ4n) is 1.95. The highest BCUT2D eigenvalue weighted by Gasteiger charge is 2.29. The monoisotopic (exact) mass is 328 g/mol. The molecule has 0 heterocycles. The molecule has 0 aromatic heterocycles. The number of halogens is 4. The number of rotatable bonds is 5. The maximum Gasteiger partial charge on any atom is 0.491 e. The topological polar surface area (TPSA) is 49.7 Å². The van der Waals surface area contributed by atoms with Crippen molar-refractivity contribution in [2.45, 2.75) is 19.4 Å². The van der Waals surface area contributed by atoms with Crippen molar-refractivity contribution in [2.24, 2.45) is 0 Å². The molecule has 122 valence electrons. The van der Waals surface area contributed by atoms with E-state index in [0.29, 0.717) is 11.1 Å². The van der Waals surface area contributed by atoms with Gasteiger partial charge in [0.15, 0.2) is 0 Å². The first-order valence-electron chi connectivity index (χ1n) is 6.65. The first-order chi connectivity index (χ1) is 10.8. The molecule has 2 aromatic rings. The maximum atomic E-state index is 13.5. The lowest BCUT2D eigenvalue weighted by Gasteiger charge is -2.09. The van der Waals surface area contributed by atoms with Gasteiger partial charge in [-0.25, -0.2) is 4.39 Å². The molecule has 0 bridgehead atoms. The van der Waals surface area contributed by atoms with Crippen LogP contribution in [0.5, 0.6) is 0 Å². The van der Waals surface area contributed by atoms with Gasteiger partial charge in [0.2, 0.25) is 0 Å². The summed E-state index contributed by atoms with van der Waals surface area (Å²) in [6, 6.07) is 8.39. The molecule has 23 heavy (non-hydrogen) atoms. The van der Waals surface area contributed by atoms with E-state index >= 15 is 0 Å². The van der Waals surface area contributed by atoms with E-state index in [1.165, 1.54) is 24.3 Å². The Bertz CT molecular complexity index is 657. The van der Waals surface area contributed by atoms with Gasteiger partial charge in [0.1, 0.15) is 5.82 Å². The van der Waals surface area contributed by atoms with Gasteiger partial charge in [0.25, 0.3) is 0 Å². The molecule has 0 saturated carbocycles. The largest absolute Gasteiger partial charge is 0.491 e. The summed E-state index contributed by atoms with van der Waals surface area (Å²) < 4.78 is 56.1. The average molecular weight is 328 g/mol. The fraction of sp³-hybridized carbons (Fsp3) is 0.200. The van der Waals surface area contributed by atoms with Gasteiger partial charge in [-0.2, -0.15) is 13.2 Å². The lowest BCUT2D eigenvalue weighted by molar-refractivity contribution is -0.137. The van der Waals surface area contributed by atoms with Crippen LogP contribution in [0.15, 0.2) is 42.5 Å². The molecule has 0 aliphatic carbocycles. The smallest absolute Gasteiger partial charge is 0.423 e. The molecule has 0 spiro atoms. The van der Waals surface area contributed by atoms with Gasteiger partial charge in [-0.3, -0.25) is 0 Å². The van der Waals surface area contributed by atoms with Gasteiger partial charge in [-0.15, -0.1) is 0 Å². The Morgan fingerprint density at radius 2 is 1.48 bits per heavy atom. The minimum absolute atomic E-state index is 0.0414. The van der Waals surface area contributed by atoms with E-state index in [9.17, 15) is 17.6 Å². The number of hydrogen-bond acceptors (Lipinski definition) is 3. The predicted octanol–water partition coefficient (Wildman–Crippen LogP) is 2.24. The van der Waals surface area contributed by atoms with E-state index < -0.39 is 24.7 Å². The molecular weight excluding hydrogens is 315 g/mol. The number of benzene rings is 2. The van der Waals surface area contributed by atoms with Crippen LogP contribution in [-0.2, 0) is 24.1 Å². The molecule has 3 nitrogen and oxygen atoms in total. The third kappa shape index (κ3) is 4.79. The number of alkyl halides is 3. The highest BCUT2D eigenvalue weighted by molar-refractivity contribution is 6.58. The molecule has 0 atom stereocenters. The second-order valence-electron chi connectivity index (χ2n) is 4.92. The van der Waals surface area contributed by atoms with Crippen LogP contribution in [0.25, 0.3) is 0 Å². The van der Waals surface area contributed by atoms with Crippen LogP contribution in [0.1, 0.15) is 16.7 Å². The third-order valence-corrected chi connectivity index (χ3v) is 3.16. The summed E-state index contributed by atoms with van der Waals surface area (Å²) in [6.45, 7) is 0.115. The fourth-order valence-corrected chi connectivity index (χ4v) is 1.95. The van der Waals surface area contributed by atoms with Crippen LogP contribution in [0.3, 0.4) is 0 Å². The summed E-state index contributed by atoms with van der Waals surface area (Å²) in [7, 11) is -1.89. The molecule has 0 aliphatic rings. The zero-order valence-electron chi connectivity index (χ0n) is 11.8. The number of ether oxygens (including phenoxy) is 1. The Balaban J connectivity index is 1.91. The van der Waals surface area contributed by atoms with Crippen LogP contribution in [0.4, 0.5) is 17.6 Å². The normalized spacial score (nSPS) is 11.6. The van der Waals surface area contributed by atoms with E-state index in [0.717, 1.165) is 18.2 Å². The van der Waals surface area contributed by atoms with Crippen molar-refractivity contribution < 1.29 is 32.3 Å². The van der Waals surface area contributed by atoms with Crippen molar-refractivity contribution in [1.29, 1.82) is 0 Å². The summed E-state index contributed by atoms with van der Waals surface area (Å²) in [6.07, 6.45) is -4.38. The zero-order chi connectivity index (χ0) is 17.0. The summed E-state index contributed by atoms with van der Waals surface area (Å²) in [5.74, 6) is -0.768. The highest BCUT2D eigenvalue weighted by Crippen LogP contribution is 2.29. The first kappa shape index (κ1) is 17.5. The van der Waals surface area contributed by atoms with Crippen LogP contribution < -0.4 is 5.46 Å². The summed E-state index contributed by atoms with van der Waals surface area (Å²) in [4.78, 5) is 0. The molecule has 2 rings (SSSR count). The number of hydrogen-bond donors (Lipinski definition) is 2. The van der Waals surface area contributed by atoms with Crippen molar-refractivity contribution in [3.05, 3.63) is 65.0 Å². The lowest BCUT2D eigenvalue weighted by Crippen LogP contribution is -2.32. The van der Waals surface area contributed by atoms with Crippen LogP contribution in [0.2, 0.25) is 0 Å². The predicted molar refractivity (Wildman–Crippen MR) is 76.2 cm³/mol. The van der Waals surface area contributed by atoms with Crippen LogP contribution in [-0.4, -0.2) is 17.2 Å². The second kappa shape index (κ2) is 7.12. The van der Waals surface area contributed by atoms with Gasteiger partial charge in [-0.1, -0.05) is 24.3 Å². The minimum atomic E-state index is -4.38. The van der Waals surface area contributed by atoms with Crippen molar-refractivity contribution in [2.75, 3.05) is 0 Å². The van der Waals surface area contributed by atoms with Crippen molar-refractivity contribution in [3.8, 4) is 0 Å². The molecule has 2 N–H and O–H groups in total. The van der Waals surface area contributed by atoms with Gasteiger partial charge in [0.05, 0.1) is 18.8 Å². The van der Waals surface area contributed by atoms with Gasteiger partial charge in [0, 0.05) is 5.46 Å². The molecule has 2 aromatic carbocycles. The SMILES string of the molecule is OB(O)c1ccc(COCc2ccc(C(F)(F)F)cc2)cc1F. The van der Waals surface area contributed by atoms with Crippen molar-refractivity contribution >= 4 is 12.6 Å². The maximum absolute atomic E-state index is 13.5. The first-order valence-corrected chi connectivity index (χ1v) is 6.65. The second-order valence-corrected chi connectivity index (χ2v) is 4.92. The van der Waals surface area contributed by atoms with E-state index in [-0.39, 0.29) is 18.7 Å². The molecule has 0 radical (unpaired) electrons. The van der Waals surface area contributed by atoms with Crippen molar-refractivity contribution in [1.82, 2.24) is 0 Å².